The fourth-order valence-corrected chi connectivity index (χ4v) is 1.24. The van der Waals surface area contributed by atoms with Gasteiger partial charge in [0.1, 0.15) is 0 Å². The fourth-order valence-electron chi connectivity index (χ4n) is 1.24. The summed E-state index contributed by atoms with van der Waals surface area (Å²) in [6.45, 7) is 0. The Bertz CT molecular complexity index is 566. The fraction of sp³-hybridized carbons (Fsp3) is 0. The van der Waals surface area contributed by atoms with E-state index >= 15 is 0 Å². The first kappa shape index (κ1) is 11.1. The summed E-state index contributed by atoms with van der Waals surface area (Å²) in [5.74, 6) is -2.52. The number of hydrogen-bond acceptors (Lipinski definition) is 3. The summed E-state index contributed by atoms with van der Waals surface area (Å²) >= 11 is 0. The number of rotatable bonds is 2. The lowest BCUT2D eigenvalue weighted by Gasteiger charge is -2.03. The van der Waals surface area contributed by atoms with Gasteiger partial charge >= 0.3 is 0 Å². The molecular formula is C11H8F2N2O2. The topological polar surface area (TPSA) is 68.3 Å². The van der Waals surface area contributed by atoms with E-state index in [1.165, 1.54) is 18.2 Å². The maximum atomic E-state index is 12.9. The third-order valence-corrected chi connectivity index (χ3v) is 2.03. The highest BCUT2D eigenvalue weighted by Gasteiger charge is 2.11. The van der Waals surface area contributed by atoms with E-state index in [0.717, 1.165) is 12.1 Å². The van der Waals surface area contributed by atoms with Crippen LogP contribution in [0.5, 0.6) is 0 Å². The maximum absolute atomic E-state index is 12.9. The van der Waals surface area contributed by atoms with Gasteiger partial charge in [-0.25, -0.2) is 8.78 Å². The summed E-state index contributed by atoms with van der Waals surface area (Å²) in [4.78, 5) is 11.5. The molecule has 0 aliphatic heterocycles. The number of carbonyl (C=O) groups excluding carboxylic acids is 1. The van der Waals surface area contributed by atoms with Crippen LogP contribution in [0.4, 0.5) is 20.4 Å². The van der Waals surface area contributed by atoms with E-state index in [0.29, 0.717) is 0 Å². The third-order valence-electron chi connectivity index (χ3n) is 2.03. The van der Waals surface area contributed by atoms with Crippen molar-refractivity contribution in [3.8, 4) is 0 Å². The first-order valence-electron chi connectivity index (χ1n) is 4.68. The number of benzene rings is 1. The molecule has 1 heterocycles. The number of anilines is 2. The molecule has 6 heteroatoms. The van der Waals surface area contributed by atoms with Crippen molar-refractivity contribution >= 4 is 17.5 Å². The molecule has 0 saturated carbocycles. The second kappa shape index (κ2) is 4.25. The predicted molar refractivity (Wildman–Crippen MR) is 57.4 cm³/mol. The zero-order valence-corrected chi connectivity index (χ0v) is 8.54. The SMILES string of the molecule is Nc1ccc(C(=O)Nc2ccc(F)c(F)c2)o1. The summed E-state index contributed by atoms with van der Waals surface area (Å²) in [6, 6.07) is 5.83. The van der Waals surface area contributed by atoms with Crippen molar-refractivity contribution in [1.29, 1.82) is 0 Å². The Morgan fingerprint density at radius 1 is 1.18 bits per heavy atom. The number of nitrogen functional groups attached to an aromatic ring is 1. The van der Waals surface area contributed by atoms with Gasteiger partial charge in [-0.2, -0.15) is 0 Å². The number of nitrogens with two attached hydrogens (primary N) is 1. The Labute approximate surface area is 95.0 Å². The van der Waals surface area contributed by atoms with E-state index < -0.39 is 17.5 Å². The summed E-state index contributed by atoms with van der Waals surface area (Å²) < 4.78 is 30.4. The lowest BCUT2D eigenvalue weighted by Crippen LogP contribution is -2.11. The van der Waals surface area contributed by atoms with Gasteiger partial charge in [0.25, 0.3) is 5.91 Å². The number of amides is 1. The van der Waals surface area contributed by atoms with Gasteiger partial charge in [-0.1, -0.05) is 0 Å². The van der Waals surface area contributed by atoms with Crippen LogP contribution in [0.15, 0.2) is 34.7 Å². The van der Waals surface area contributed by atoms with Crippen molar-refractivity contribution in [2.45, 2.75) is 0 Å². The van der Waals surface area contributed by atoms with E-state index in [2.05, 4.69) is 5.32 Å². The largest absolute Gasteiger partial charge is 0.436 e. The quantitative estimate of drug-likeness (QED) is 0.844. The van der Waals surface area contributed by atoms with E-state index in [-0.39, 0.29) is 17.3 Å². The average molecular weight is 238 g/mol. The molecule has 0 atom stereocenters. The molecule has 0 saturated heterocycles. The lowest BCUT2D eigenvalue weighted by atomic mass is 10.3. The Morgan fingerprint density at radius 3 is 2.53 bits per heavy atom. The molecule has 2 aromatic rings. The summed E-state index contributed by atoms with van der Waals surface area (Å²) in [6.07, 6.45) is 0. The summed E-state index contributed by atoms with van der Waals surface area (Å²) in [7, 11) is 0. The molecule has 0 spiro atoms. The van der Waals surface area contributed by atoms with E-state index in [9.17, 15) is 13.6 Å². The monoisotopic (exact) mass is 238 g/mol. The van der Waals surface area contributed by atoms with Crippen LogP contribution in [0.3, 0.4) is 0 Å². The van der Waals surface area contributed by atoms with Gasteiger partial charge in [-0.3, -0.25) is 4.79 Å². The minimum atomic E-state index is -1.04. The second-order valence-electron chi connectivity index (χ2n) is 3.29. The second-order valence-corrected chi connectivity index (χ2v) is 3.29. The molecule has 0 fully saturated rings. The Morgan fingerprint density at radius 2 is 1.94 bits per heavy atom. The van der Waals surface area contributed by atoms with Crippen LogP contribution in [0.25, 0.3) is 0 Å². The number of halogens is 2. The molecule has 0 aliphatic rings. The minimum Gasteiger partial charge on any atom is -0.436 e. The molecule has 3 N–H and O–H groups in total. The molecular weight excluding hydrogens is 230 g/mol. The molecule has 2 rings (SSSR count). The highest BCUT2D eigenvalue weighted by molar-refractivity contribution is 6.02. The molecule has 1 amide bonds. The van der Waals surface area contributed by atoms with Crippen molar-refractivity contribution in [2.24, 2.45) is 0 Å². The number of carbonyl (C=O) groups is 1. The Kier molecular flexibility index (Phi) is 2.78. The van der Waals surface area contributed by atoms with Gasteiger partial charge in [0.15, 0.2) is 23.3 Å². The normalized spacial score (nSPS) is 10.2. The van der Waals surface area contributed by atoms with E-state index in [1.54, 1.807) is 0 Å². The van der Waals surface area contributed by atoms with Crippen LogP contribution in [-0.2, 0) is 0 Å². The molecule has 0 bridgehead atoms. The molecule has 0 aliphatic carbocycles. The summed E-state index contributed by atoms with van der Waals surface area (Å²) in [5.41, 5.74) is 5.43. The smallest absolute Gasteiger partial charge is 0.291 e. The lowest BCUT2D eigenvalue weighted by molar-refractivity contribution is 0.0997. The van der Waals surface area contributed by atoms with Gasteiger partial charge < -0.3 is 15.5 Å². The van der Waals surface area contributed by atoms with Crippen molar-refractivity contribution < 1.29 is 18.0 Å². The molecule has 1 aromatic carbocycles. The average Bonchev–Trinajstić information content (AvgIpc) is 2.70. The van der Waals surface area contributed by atoms with E-state index in [1.807, 2.05) is 0 Å². The highest BCUT2D eigenvalue weighted by Crippen LogP contribution is 2.15. The predicted octanol–water partition coefficient (Wildman–Crippen LogP) is 2.39. The molecule has 0 radical (unpaired) electrons. The van der Waals surface area contributed by atoms with Crippen LogP contribution < -0.4 is 11.1 Å². The number of nitrogens with one attached hydrogen (secondary N) is 1. The van der Waals surface area contributed by atoms with Crippen molar-refractivity contribution in [1.82, 2.24) is 0 Å². The summed E-state index contributed by atoms with van der Waals surface area (Å²) in [5, 5.41) is 2.34. The van der Waals surface area contributed by atoms with Crippen LogP contribution in [0, 0.1) is 11.6 Å². The van der Waals surface area contributed by atoms with Gasteiger partial charge in [-0.15, -0.1) is 0 Å². The van der Waals surface area contributed by atoms with Gasteiger partial charge in [0, 0.05) is 17.8 Å². The zero-order chi connectivity index (χ0) is 12.4. The van der Waals surface area contributed by atoms with Crippen LogP contribution >= 0.6 is 0 Å². The Balaban J connectivity index is 2.15. The van der Waals surface area contributed by atoms with Crippen molar-refractivity contribution in [3.63, 3.8) is 0 Å². The van der Waals surface area contributed by atoms with Crippen LogP contribution in [-0.4, -0.2) is 5.91 Å². The van der Waals surface area contributed by atoms with E-state index in [4.69, 9.17) is 10.2 Å². The van der Waals surface area contributed by atoms with Crippen LogP contribution in [0.1, 0.15) is 10.6 Å². The number of furan rings is 1. The number of hydrogen-bond donors (Lipinski definition) is 2. The first-order valence-corrected chi connectivity index (χ1v) is 4.68. The van der Waals surface area contributed by atoms with Gasteiger partial charge in [0.05, 0.1) is 0 Å². The molecule has 4 nitrogen and oxygen atoms in total. The standard InChI is InChI=1S/C11H8F2N2O2/c12-7-2-1-6(5-8(7)13)15-11(16)9-3-4-10(14)17-9/h1-5H,14H2,(H,15,16). The first-order chi connectivity index (χ1) is 8.06. The van der Waals surface area contributed by atoms with Crippen molar-refractivity contribution in [3.05, 3.63) is 47.7 Å². The zero-order valence-electron chi connectivity index (χ0n) is 8.54. The Hall–Kier alpha value is -2.37. The minimum absolute atomic E-state index is 0.00719. The van der Waals surface area contributed by atoms with Gasteiger partial charge in [-0.05, 0) is 18.2 Å². The van der Waals surface area contributed by atoms with Crippen molar-refractivity contribution in [2.75, 3.05) is 11.1 Å². The third kappa shape index (κ3) is 2.41. The van der Waals surface area contributed by atoms with Gasteiger partial charge in [0.2, 0.25) is 0 Å². The maximum Gasteiger partial charge on any atom is 0.291 e. The van der Waals surface area contributed by atoms with Crippen LogP contribution in [0.2, 0.25) is 0 Å². The molecule has 17 heavy (non-hydrogen) atoms. The molecule has 1 aromatic heterocycles. The molecule has 0 unspecified atom stereocenters. The molecule has 88 valence electrons. The highest BCUT2D eigenvalue weighted by atomic mass is 19.2.